The van der Waals surface area contributed by atoms with Gasteiger partial charge in [-0.2, -0.15) is 0 Å². The molecule has 1 fully saturated rings. The molecule has 0 spiro atoms. The van der Waals surface area contributed by atoms with E-state index in [2.05, 4.69) is 5.32 Å². The number of nitrogens with one attached hydrogen (secondary N) is 1. The van der Waals surface area contributed by atoms with Gasteiger partial charge in [0.05, 0.1) is 12.5 Å². The smallest absolute Gasteiger partial charge is 0.223 e. The minimum atomic E-state index is -0.188. The van der Waals surface area contributed by atoms with Crippen LogP contribution in [-0.4, -0.2) is 18.2 Å². The third-order valence-electron chi connectivity index (χ3n) is 0.916. The highest BCUT2D eigenvalue weighted by molar-refractivity contribution is 5.89. The summed E-state index contributed by atoms with van der Waals surface area (Å²) in [7, 11) is 0. The number of rotatable bonds is 1. The Morgan fingerprint density at radius 2 is 2.43 bits per heavy atom. The van der Waals surface area contributed by atoms with Gasteiger partial charge in [0.1, 0.15) is 6.29 Å². The number of amides is 1. The zero-order valence-electron chi connectivity index (χ0n) is 3.68. The number of hydrogen-bond donors (Lipinski definition) is 1. The summed E-state index contributed by atoms with van der Waals surface area (Å²) in [4.78, 5) is 19.7. The van der Waals surface area contributed by atoms with Gasteiger partial charge in [-0.1, -0.05) is 0 Å². The standard InChI is InChI=1S/C4H5NO2/c6-2-3-1-4(7)5-3/h2-3H,1H2,(H,5,7). The molecule has 1 N–H and O–H groups in total. The first-order chi connectivity index (χ1) is 3.33. The topological polar surface area (TPSA) is 46.2 Å². The molecule has 0 radical (unpaired) electrons. The van der Waals surface area contributed by atoms with Crippen LogP contribution in [0.15, 0.2) is 0 Å². The van der Waals surface area contributed by atoms with Crippen LogP contribution < -0.4 is 5.32 Å². The third-order valence-corrected chi connectivity index (χ3v) is 0.916. The van der Waals surface area contributed by atoms with E-state index in [1.165, 1.54) is 0 Å². The van der Waals surface area contributed by atoms with E-state index in [0.717, 1.165) is 6.29 Å². The van der Waals surface area contributed by atoms with Crippen LogP contribution in [0, 0.1) is 0 Å². The second-order valence-corrected chi connectivity index (χ2v) is 1.51. The summed E-state index contributed by atoms with van der Waals surface area (Å²) in [6, 6.07) is -0.188. The molecule has 3 heteroatoms. The monoisotopic (exact) mass is 99.0 g/mol. The fraction of sp³-hybridized carbons (Fsp3) is 0.500. The molecule has 0 bridgehead atoms. The first kappa shape index (κ1) is 4.30. The molecule has 1 aliphatic rings. The lowest BCUT2D eigenvalue weighted by molar-refractivity contribution is -0.131. The quantitative estimate of drug-likeness (QED) is 0.341. The van der Waals surface area contributed by atoms with Crippen LogP contribution in [0.4, 0.5) is 0 Å². The van der Waals surface area contributed by atoms with Crippen molar-refractivity contribution in [2.75, 3.05) is 0 Å². The van der Waals surface area contributed by atoms with Crippen LogP contribution in [0.1, 0.15) is 6.42 Å². The van der Waals surface area contributed by atoms with Crippen molar-refractivity contribution in [3.05, 3.63) is 0 Å². The summed E-state index contributed by atoms with van der Waals surface area (Å²) in [6.07, 6.45) is 1.12. The van der Waals surface area contributed by atoms with Crippen molar-refractivity contribution in [2.24, 2.45) is 0 Å². The lowest BCUT2D eigenvalue weighted by Crippen LogP contribution is -2.49. The van der Waals surface area contributed by atoms with Crippen LogP contribution in [-0.2, 0) is 9.59 Å². The second-order valence-electron chi connectivity index (χ2n) is 1.51. The average molecular weight is 99.1 g/mol. The van der Waals surface area contributed by atoms with Gasteiger partial charge in [-0.25, -0.2) is 0 Å². The molecule has 0 aliphatic carbocycles. The highest BCUT2D eigenvalue weighted by atomic mass is 16.2. The van der Waals surface area contributed by atoms with Gasteiger partial charge in [0.25, 0.3) is 0 Å². The van der Waals surface area contributed by atoms with Crippen LogP contribution in [0.5, 0.6) is 0 Å². The summed E-state index contributed by atoms with van der Waals surface area (Å²) in [5, 5.41) is 2.39. The van der Waals surface area contributed by atoms with Crippen LogP contribution in [0.25, 0.3) is 0 Å². The van der Waals surface area contributed by atoms with Gasteiger partial charge in [0.15, 0.2) is 0 Å². The number of hydrogen-bond acceptors (Lipinski definition) is 2. The molecular formula is C4H5NO2. The largest absolute Gasteiger partial charge is 0.346 e. The lowest BCUT2D eigenvalue weighted by atomic mass is 10.1. The molecule has 1 saturated heterocycles. The summed E-state index contributed by atoms with van der Waals surface area (Å²) in [5.41, 5.74) is 0. The molecule has 0 saturated carbocycles. The van der Waals surface area contributed by atoms with E-state index in [0.29, 0.717) is 6.42 Å². The Morgan fingerprint density at radius 3 is 2.57 bits per heavy atom. The zero-order valence-corrected chi connectivity index (χ0v) is 3.68. The molecule has 1 atom stereocenters. The molecule has 1 aliphatic heterocycles. The van der Waals surface area contributed by atoms with Crippen molar-refractivity contribution in [1.29, 1.82) is 0 Å². The van der Waals surface area contributed by atoms with Gasteiger partial charge in [-0.15, -0.1) is 0 Å². The molecule has 7 heavy (non-hydrogen) atoms. The van der Waals surface area contributed by atoms with Gasteiger partial charge in [-0.05, 0) is 0 Å². The van der Waals surface area contributed by atoms with E-state index >= 15 is 0 Å². The fourth-order valence-corrected chi connectivity index (χ4v) is 0.468. The maximum Gasteiger partial charge on any atom is 0.223 e. The maximum atomic E-state index is 10.00. The SMILES string of the molecule is O=CC1CC(=O)N1. The molecule has 0 aromatic heterocycles. The van der Waals surface area contributed by atoms with E-state index in [9.17, 15) is 9.59 Å². The molecule has 1 heterocycles. The van der Waals surface area contributed by atoms with Crippen molar-refractivity contribution < 1.29 is 9.59 Å². The molecule has 0 aromatic carbocycles. The molecule has 1 rings (SSSR count). The van der Waals surface area contributed by atoms with Gasteiger partial charge in [0.2, 0.25) is 5.91 Å². The Labute approximate surface area is 40.7 Å². The summed E-state index contributed by atoms with van der Waals surface area (Å²) in [5.74, 6) is -0.0305. The summed E-state index contributed by atoms with van der Waals surface area (Å²) in [6.45, 7) is 0. The minimum absolute atomic E-state index is 0.0305. The summed E-state index contributed by atoms with van der Waals surface area (Å²) >= 11 is 0. The normalized spacial score (nSPS) is 28.0. The Balaban J connectivity index is 2.29. The fourth-order valence-electron chi connectivity index (χ4n) is 0.468. The summed E-state index contributed by atoms with van der Waals surface area (Å²) < 4.78 is 0. The predicted molar refractivity (Wildman–Crippen MR) is 22.6 cm³/mol. The van der Waals surface area contributed by atoms with Crippen molar-refractivity contribution >= 4 is 12.2 Å². The minimum Gasteiger partial charge on any atom is -0.346 e. The van der Waals surface area contributed by atoms with Crippen molar-refractivity contribution in [3.63, 3.8) is 0 Å². The lowest BCUT2D eigenvalue weighted by Gasteiger charge is -2.20. The first-order valence-corrected chi connectivity index (χ1v) is 2.07. The van der Waals surface area contributed by atoms with Crippen LogP contribution >= 0.6 is 0 Å². The first-order valence-electron chi connectivity index (χ1n) is 2.07. The van der Waals surface area contributed by atoms with Gasteiger partial charge >= 0.3 is 0 Å². The van der Waals surface area contributed by atoms with Crippen molar-refractivity contribution in [2.45, 2.75) is 12.5 Å². The van der Waals surface area contributed by atoms with E-state index < -0.39 is 0 Å². The van der Waals surface area contributed by atoms with E-state index in [1.807, 2.05) is 0 Å². The van der Waals surface area contributed by atoms with E-state index in [4.69, 9.17) is 0 Å². The number of aldehydes is 1. The Kier molecular flexibility index (Phi) is 0.817. The van der Waals surface area contributed by atoms with E-state index in [1.54, 1.807) is 0 Å². The van der Waals surface area contributed by atoms with Crippen molar-refractivity contribution in [1.82, 2.24) is 5.32 Å². The van der Waals surface area contributed by atoms with Crippen LogP contribution in [0.2, 0.25) is 0 Å². The van der Waals surface area contributed by atoms with Gasteiger partial charge < -0.3 is 10.1 Å². The molecule has 1 unspecified atom stereocenters. The number of carbonyl (C=O) groups is 2. The van der Waals surface area contributed by atoms with Crippen molar-refractivity contribution in [3.8, 4) is 0 Å². The second kappa shape index (κ2) is 1.33. The Bertz CT molecular complexity index is 102. The van der Waals surface area contributed by atoms with Gasteiger partial charge in [-0.3, -0.25) is 4.79 Å². The average Bonchev–Trinajstić information content (AvgIpc) is 1.58. The van der Waals surface area contributed by atoms with Crippen LogP contribution in [0.3, 0.4) is 0 Å². The highest BCUT2D eigenvalue weighted by Gasteiger charge is 2.23. The zero-order chi connectivity index (χ0) is 5.28. The molecule has 0 aromatic rings. The molecule has 3 nitrogen and oxygen atoms in total. The molecule has 1 amide bonds. The third kappa shape index (κ3) is 0.607. The Hall–Kier alpha value is -0.860. The maximum absolute atomic E-state index is 10.00. The van der Waals surface area contributed by atoms with Gasteiger partial charge in [0, 0.05) is 0 Å². The predicted octanol–water partition coefficient (Wildman–Crippen LogP) is -0.926. The molecular weight excluding hydrogens is 94.0 g/mol. The Morgan fingerprint density at radius 1 is 1.86 bits per heavy atom. The highest BCUT2D eigenvalue weighted by Crippen LogP contribution is 1.98. The molecule has 38 valence electrons. The number of carbonyl (C=O) groups excluding carboxylic acids is 2. The van der Waals surface area contributed by atoms with E-state index in [-0.39, 0.29) is 11.9 Å². The number of β-lactam (4-membered cyclic amide) rings is 1.